The number of amides is 1. The zero-order valence-corrected chi connectivity index (χ0v) is 12.7. The molecule has 0 aliphatic carbocycles. The molecular weight excluding hydrogens is 286 g/mol. The fourth-order valence-corrected chi connectivity index (χ4v) is 2.70. The molecule has 1 aromatic rings. The van der Waals surface area contributed by atoms with Crippen LogP contribution in [0.5, 0.6) is 11.5 Å². The summed E-state index contributed by atoms with van der Waals surface area (Å²) in [4.78, 5) is 23.8. The van der Waals surface area contributed by atoms with E-state index in [2.05, 4.69) is 5.32 Å². The lowest BCUT2D eigenvalue weighted by molar-refractivity contribution is -0.147. The average molecular weight is 305 g/mol. The summed E-state index contributed by atoms with van der Waals surface area (Å²) in [5.74, 6) is 0.216. The van der Waals surface area contributed by atoms with Crippen LogP contribution in [-0.2, 0) is 14.3 Å². The Bertz CT molecular complexity index is 611. The Morgan fingerprint density at radius 3 is 2.64 bits per heavy atom. The van der Waals surface area contributed by atoms with E-state index in [1.165, 1.54) is 0 Å². The summed E-state index contributed by atoms with van der Waals surface area (Å²) >= 11 is 0. The second-order valence-corrected chi connectivity index (χ2v) is 6.04. The van der Waals surface area contributed by atoms with Gasteiger partial charge in [0, 0.05) is 18.2 Å². The van der Waals surface area contributed by atoms with Gasteiger partial charge in [-0.2, -0.15) is 0 Å². The Hall–Kier alpha value is -2.24. The molecule has 118 valence electrons. The largest absolute Gasteiger partial charge is 0.490 e. The number of carbonyl (C=O) groups excluding carboxylic acids is 2. The molecule has 6 nitrogen and oxygen atoms in total. The minimum absolute atomic E-state index is 0.101. The normalized spacial score (nSPS) is 22.6. The van der Waals surface area contributed by atoms with Crippen molar-refractivity contribution >= 4 is 17.6 Å². The molecule has 1 amide bonds. The maximum Gasteiger partial charge on any atom is 0.307 e. The standard InChI is InChI=1S/C16H19NO5/c1-16(2)11(9-14(18)22-16)15(19)17-10-4-5-12-13(8-10)21-7-3-6-20-12/h4-5,8,11H,3,6-7,9H2,1-2H3,(H,17,19)/t11-/m1/s1. The van der Waals surface area contributed by atoms with E-state index in [-0.39, 0.29) is 18.3 Å². The lowest BCUT2D eigenvalue weighted by atomic mass is 9.90. The molecule has 22 heavy (non-hydrogen) atoms. The Morgan fingerprint density at radius 2 is 1.95 bits per heavy atom. The predicted molar refractivity (Wildman–Crippen MR) is 79.0 cm³/mol. The third-order valence-corrected chi connectivity index (χ3v) is 3.92. The monoisotopic (exact) mass is 305 g/mol. The minimum atomic E-state index is -0.785. The topological polar surface area (TPSA) is 73.9 Å². The van der Waals surface area contributed by atoms with Crippen molar-refractivity contribution in [3.05, 3.63) is 18.2 Å². The van der Waals surface area contributed by atoms with Crippen molar-refractivity contribution in [3.8, 4) is 11.5 Å². The van der Waals surface area contributed by atoms with E-state index < -0.39 is 11.5 Å². The van der Waals surface area contributed by atoms with Crippen molar-refractivity contribution < 1.29 is 23.8 Å². The number of hydrogen-bond acceptors (Lipinski definition) is 5. The van der Waals surface area contributed by atoms with Crippen LogP contribution in [0, 0.1) is 5.92 Å². The number of cyclic esters (lactones) is 1. The van der Waals surface area contributed by atoms with Crippen molar-refractivity contribution in [2.45, 2.75) is 32.3 Å². The molecule has 2 aliphatic rings. The van der Waals surface area contributed by atoms with E-state index >= 15 is 0 Å². The molecule has 1 atom stereocenters. The van der Waals surface area contributed by atoms with Gasteiger partial charge in [-0.05, 0) is 26.0 Å². The van der Waals surface area contributed by atoms with Crippen LogP contribution >= 0.6 is 0 Å². The second-order valence-electron chi connectivity index (χ2n) is 6.04. The zero-order chi connectivity index (χ0) is 15.7. The van der Waals surface area contributed by atoms with Gasteiger partial charge in [-0.1, -0.05) is 0 Å². The molecule has 0 bridgehead atoms. The lowest BCUT2D eigenvalue weighted by Gasteiger charge is -2.23. The van der Waals surface area contributed by atoms with Gasteiger partial charge in [0.25, 0.3) is 0 Å². The van der Waals surface area contributed by atoms with Gasteiger partial charge in [0.05, 0.1) is 25.6 Å². The van der Waals surface area contributed by atoms with E-state index in [1.54, 1.807) is 32.0 Å². The van der Waals surface area contributed by atoms with Gasteiger partial charge < -0.3 is 19.5 Å². The van der Waals surface area contributed by atoms with Crippen LogP contribution in [0.2, 0.25) is 0 Å². The summed E-state index contributed by atoms with van der Waals surface area (Å²) < 4.78 is 16.3. The number of rotatable bonds is 2. The predicted octanol–water partition coefficient (Wildman–Crippen LogP) is 2.13. The first-order valence-electron chi connectivity index (χ1n) is 7.38. The van der Waals surface area contributed by atoms with Crippen LogP contribution < -0.4 is 14.8 Å². The molecule has 0 unspecified atom stereocenters. The smallest absolute Gasteiger partial charge is 0.307 e. The minimum Gasteiger partial charge on any atom is -0.490 e. The second kappa shape index (κ2) is 5.51. The third kappa shape index (κ3) is 2.86. The molecule has 1 saturated heterocycles. The van der Waals surface area contributed by atoms with Gasteiger partial charge in [-0.3, -0.25) is 9.59 Å². The number of benzene rings is 1. The summed E-state index contributed by atoms with van der Waals surface area (Å²) in [6.45, 7) is 4.70. The number of esters is 1. The van der Waals surface area contributed by atoms with Gasteiger partial charge in [0.1, 0.15) is 5.60 Å². The van der Waals surface area contributed by atoms with Gasteiger partial charge >= 0.3 is 5.97 Å². The van der Waals surface area contributed by atoms with Crippen LogP contribution in [-0.4, -0.2) is 30.7 Å². The van der Waals surface area contributed by atoms with Crippen molar-refractivity contribution in [2.75, 3.05) is 18.5 Å². The highest BCUT2D eigenvalue weighted by Gasteiger charge is 2.46. The fraction of sp³-hybridized carbons (Fsp3) is 0.500. The highest BCUT2D eigenvalue weighted by molar-refractivity contribution is 5.97. The van der Waals surface area contributed by atoms with Gasteiger partial charge in [0.15, 0.2) is 11.5 Å². The number of carbonyl (C=O) groups is 2. The van der Waals surface area contributed by atoms with Crippen LogP contribution in [0.4, 0.5) is 5.69 Å². The number of nitrogens with one attached hydrogen (secondary N) is 1. The average Bonchev–Trinajstić information content (AvgIpc) is 2.63. The Kier molecular flexibility index (Phi) is 3.68. The van der Waals surface area contributed by atoms with Gasteiger partial charge in [-0.25, -0.2) is 0 Å². The van der Waals surface area contributed by atoms with E-state index in [0.717, 1.165) is 6.42 Å². The number of ether oxygens (including phenoxy) is 3. The first kappa shape index (κ1) is 14.7. The molecule has 6 heteroatoms. The molecule has 3 rings (SSSR count). The molecule has 1 N–H and O–H groups in total. The van der Waals surface area contributed by atoms with Gasteiger partial charge in [0.2, 0.25) is 5.91 Å². The summed E-state index contributed by atoms with van der Waals surface area (Å²) in [7, 11) is 0. The third-order valence-electron chi connectivity index (χ3n) is 3.92. The van der Waals surface area contributed by atoms with E-state index in [4.69, 9.17) is 14.2 Å². The molecule has 0 spiro atoms. The quantitative estimate of drug-likeness (QED) is 0.847. The molecular formula is C16H19NO5. The number of hydrogen-bond donors (Lipinski definition) is 1. The number of anilines is 1. The summed E-state index contributed by atoms with van der Waals surface area (Å²) in [5.41, 5.74) is -0.170. The maximum atomic E-state index is 12.4. The zero-order valence-electron chi connectivity index (χ0n) is 12.7. The maximum absolute atomic E-state index is 12.4. The van der Waals surface area contributed by atoms with Crippen molar-refractivity contribution in [1.29, 1.82) is 0 Å². The molecule has 1 fully saturated rings. The van der Waals surface area contributed by atoms with E-state index in [0.29, 0.717) is 30.4 Å². The van der Waals surface area contributed by atoms with Crippen LogP contribution in [0.1, 0.15) is 26.7 Å². The van der Waals surface area contributed by atoms with Crippen molar-refractivity contribution in [2.24, 2.45) is 5.92 Å². The van der Waals surface area contributed by atoms with E-state index in [1.807, 2.05) is 0 Å². The van der Waals surface area contributed by atoms with Gasteiger partial charge in [-0.15, -0.1) is 0 Å². The lowest BCUT2D eigenvalue weighted by Crippen LogP contribution is -2.36. The Morgan fingerprint density at radius 1 is 1.23 bits per heavy atom. The highest BCUT2D eigenvalue weighted by atomic mass is 16.6. The van der Waals surface area contributed by atoms with Crippen molar-refractivity contribution in [3.63, 3.8) is 0 Å². The Balaban J connectivity index is 1.74. The highest BCUT2D eigenvalue weighted by Crippen LogP contribution is 2.35. The Labute approximate surface area is 128 Å². The summed E-state index contributed by atoms with van der Waals surface area (Å²) in [6.07, 6.45) is 0.926. The van der Waals surface area contributed by atoms with Crippen LogP contribution in [0.25, 0.3) is 0 Å². The fourth-order valence-electron chi connectivity index (χ4n) is 2.70. The molecule has 2 aliphatic heterocycles. The molecule has 0 aromatic heterocycles. The molecule has 2 heterocycles. The molecule has 1 aromatic carbocycles. The first-order valence-corrected chi connectivity index (χ1v) is 7.38. The summed E-state index contributed by atoms with van der Waals surface area (Å²) in [6, 6.07) is 5.27. The molecule has 0 saturated carbocycles. The number of fused-ring (bicyclic) bond motifs is 1. The van der Waals surface area contributed by atoms with Crippen LogP contribution in [0.15, 0.2) is 18.2 Å². The van der Waals surface area contributed by atoms with Crippen LogP contribution in [0.3, 0.4) is 0 Å². The molecule has 0 radical (unpaired) electrons. The van der Waals surface area contributed by atoms with Crippen molar-refractivity contribution in [1.82, 2.24) is 0 Å². The van der Waals surface area contributed by atoms with E-state index in [9.17, 15) is 9.59 Å². The first-order chi connectivity index (χ1) is 10.5. The summed E-state index contributed by atoms with van der Waals surface area (Å²) in [5, 5.41) is 2.82. The SMILES string of the molecule is CC1(C)OC(=O)C[C@@H]1C(=O)Nc1ccc2c(c1)OCCCO2.